The fourth-order valence-corrected chi connectivity index (χ4v) is 6.78. The Morgan fingerprint density at radius 1 is 0.700 bits per heavy atom. The molecule has 40 heavy (non-hydrogen) atoms. The second-order valence-electron chi connectivity index (χ2n) is 9.67. The molecule has 4 aromatic rings. The second kappa shape index (κ2) is 12.7. The molecule has 1 unspecified atom stereocenters. The van der Waals surface area contributed by atoms with Gasteiger partial charge in [0.05, 0.1) is 5.92 Å². The Morgan fingerprint density at radius 3 is 1.77 bits per heavy atom. The minimum Gasteiger partial charge on any atom is -0.426 e. The lowest BCUT2D eigenvalue weighted by Crippen LogP contribution is -2.22. The van der Waals surface area contributed by atoms with E-state index in [-0.39, 0.29) is 23.5 Å². The van der Waals surface area contributed by atoms with E-state index in [0.717, 1.165) is 45.3 Å². The van der Waals surface area contributed by atoms with Gasteiger partial charge in [-0.15, -0.1) is 0 Å². The molecular formula is C34H30O4S2. The number of fused-ring (bicyclic) bond motifs is 2. The summed E-state index contributed by atoms with van der Waals surface area (Å²) in [6.45, 7) is 4.12. The van der Waals surface area contributed by atoms with Gasteiger partial charge in [0.1, 0.15) is 5.75 Å². The Morgan fingerprint density at radius 2 is 1.25 bits per heavy atom. The van der Waals surface area contributed by atoms with Crippen LogP contribution in [0.3, 0.4) is 0 Å². The third-order valence-corrected chi connectivity index (χ3v) is 9.11. The van der Waals surface area contributed by atoms with E-state index >= 15 is 0 Å². The lowest BCUT2D eigenvalue weighted by Gasteiger charge is -2.22. The number of carbonyl (C=O) groups is 3. The molecule has 0 amide bonds. The molecule has 0 bridgehead atoms. The van der Waals surface area contributed by atoms with E-state index in [1.165, 1.54) is 23.5 Å². The molecule has 5 rings (SSSR count). The zero-order valence-electron chi connectivity index (χ0n) is 22.5. The van der Waals surface area contributed by atoms with Gasteiger partial charge in [-0.3, -0.25) is 14.4 Å². The molecule has 1 aliphatic rings. The van der Waals surface area contributed by atoms with Gasteiger partial charge >= 0.3 is 5.97 Å². The summed E-state index contributed by atoms with van der Waals surface area (Å²) in [5.41, 5.74) is 1.75. The predicted octanol–water partition coefficient (Wildman–Crippen LogP) is 8.89. The van der Waals surface area contributed by atoms with E-state index in [9.17, 15) is 14.4 Å². The fourth-order valence-electron chi connectivity index (χ4n) is 4.81. The van der Waals surface area contributed by atoms with Gasteiger partial charge in [-0.05, 0) is 61.4 Å². The Labute approximate surface area is 243 Å². The van der Waals surface area contributed by atoms with Gasteiger partial charge < -0.3 is 4.74 Å². The molecule has 1 atom stereocenters. The van der Waals surface area contributed by atoms with Crippen molar-refractivity contribution in [2.45, 2.75) is 59.1 Å². The summed E-state index contributed by atoms with van der Waals surface area (Å²) in [6, 6.07) is 28.0. The van der Waals surface area contributed by atoms with Crippen LogP contribution in [0.15, 0.2) is 111 Å². The van der Waals surface area contributed by atoms with Gasteiger partial charge in [-0.25, -0.2) is 0 Å². The highest BCUT2D eigenvalue weighted by molar-refractivity contribution is 7.99. The summed E-state index contributed by atoms with van der Waals surface area (Å²) >= 11 is 2.91. The van der Waals surface area contributed by atoms with E-state index < -0.39 is 0 Å². The smallest absolute Gasteiger partial charge is 0.314 e. The third-order valence-electron chi connectivity index (χ3n) is 6.97. The van der Waals surface area contributed by atoms with Crippen LogP contribution in [0.25, 0.3) is 0 Å². The molecule has 0 aliphatic heterocycles. The summed E-state index contributed by atoms with van der Waals surface area (Å²) in [6.07, 6.45) is 3.64. The van der Waals surface area contributed by atoms with Crippen LogP contribution in [-0.4, -0.2) is 17.5 Å². The van der Waals surface area contributed by atoms with Gasteiger partial charge in [0.15, 0.2) is 11.6 Å². The largest absolute Gasteiger partial charge is 0.426 e. The molecule has 0 fully saturated rings. The molecule has 202 valence electrons. The predicted molar refractivity (Wildman–Crippen MR) is 160 cm³/mol. The van der Waals surface area contributed by atoms with Crippen molar-refractivity contribution in [3.05, 3.63) is 113 Å². The third kappa shape index (κ3) is 5.93. The summed E-state index contributed by atoms with van der Waals surface area (Å²) in [4.78, 5) is 43.5. The first kappa shape index (κ1) is 27.9. The number of benzene rings is 4. The van der Waals surface area contributed by atoms with E-state index in [4.69, 9.17) is 4.74 Å². The van der Waals surface area contributed by atoms with Gasteiger partial charge in [-0.1, -0.05) is 92.7 Å². The van der Waals surface area contributed by atoms with Crippen LogP contribution in [0.2, 0.25) is 0 Å². The normalized spacial score (nSPS) is 12.9. The number of hydrogen-bond acceptors (Lipinski definition) is 6. The van der Waals surface area contributed by atoms with Crippen molar-refractivity contribution < 1.29 is 19.1 Å². The number of carbonyl (C=O) groups excluding carboxylic acids is 3. The van der Waals surface area contributed by atoms with Crippen molar-refractivity contribution in [1.82, 2.24) is 0 Å². The minimum absolute atomic E-state index is 0.0946. The Hall–Kier alpha value is -3.61. The number of ketones is 2. The quantitative estimate of drug-likeness (QED) is 0.124. The van der Waals surface area contributed by atoms with Crippen molar-refractivity contribution in [3.63, 3.8) is 0 Å². The number of rotatable bonds is 10. The highest BCUT2D eigenvalue weighted by Crippen LogP contribution is 2.41. The topological polar surface area (TPSA) is 60.4 Å². The Balaban J connectivity index is 1.37. The second-order valence-corrected chi connectivity index (χ2v) is 11.9. The van der Waals surface area contributed by atoms with Crippen LogP contribution >= 0.6 is 23.5 Å². The SMILES string of the molecule is CCCCC(CC)C(=O)Oc1ccc(Sc2cccc3c2C(=O)c2cccc(Sc4ccccc4)c2C3=O)cc1. The molecule has 1 aliphatic carbocycles. The highest BCUT2D eigenvalue weighted by Gasteiger charge is 2.33. The first-order chi connectivity index (χ1) is 19.5. The molecule has 0 N–H and O–H groups in total. The maximum Gasteiger partial charge on any atom is 0.314 e. The van der Waals surface area contributed by atoms with Crippen molar-refractivity contribution >= 4 is 41.1 Å². The van der Waals surface area contributed by atoms with Crippen molar-refractivity contribution in [3.8, 4) is 5.75 Å². The number of esters is 1. The van der Waals surface area contributed by atoms with Crippen molar-refractivity contribution in [1.29, 1.82) is 0 Å². The van der Waals surface area contributed by atoms with E-state index in [1.54, 1.807) is 24.3 Å². The monoisotopic (exact) mass is 566 g/mol. The van der Waals surface area contributed by atoms with Gasteiger partial charge in [0.25, 0.3) is 0 Å². The zero-order valence-corrected chi connectivity index (χ0v) is 24.1. The van der Waals surface area contributed by atoms with Crippen molar-refractivity contribution in [2.24, 2.45) is 5.92 Å². The number of hydrogen-bond donors (Lipinski definition) is 0. The van der Waals surface area contributed by atoms with E-state index in [1.807, 2.05) is 73.7 Å². The van der Waals surface area contributed by atoms with E-state index in [2.05, 4.69) is 6.92 Å². The highest BCUT2D eigenvalue weighted by atomic mass is 32.2. The zero-order chi connectivity index (χ0) is 28.1. The number of unbranched alkanes of at least 4 members (excludes halogenated alkanes) is 1. The molecule has 0 saturated heterocycles. The Kier molecular flexibility index (Phi) is 8.88. The van der Waals surface area contributed by atoms with Crippen LogP contribution in [0.1, 0.15) is 71.4 Å². The summed E-state index contributed by atoms with van der Waals surface area (Å²) < 4.78 is 5.64. The molecule has 0 heterocycles. The van der Waals surface area contributed by atoms with Crippen LogP contribution in [0, 0.1) is 5.92 Å². The minimum atomic E-state index is -0.193. The molecule has 6 heteroatoms. The lowest BCUT2D eigenvalue weighted by atomic mass is 9.84. The first-order valence-corrected chi connectivity index (χ1v) is 15.2. The van der Waals surface area contributed by atoms with Crippen LogP contribution in [0.5, 0.6) is 5.75 Å². The number of ether oxygens (including phenoxy) is 1. The summed E-state index contributed by atoms with van der Waals surface area (Å²) in [7, 11) is 0. The van der Waals surface area contributed by atoms with E-state index in [0.29, 0.717) is 28.0 Å². The van der Waals surface area contributed by atoms with Gasteiger partial charge in [-0.2, -0.15) is 0 Å². The molecule has 0 radical (unpaired) electrons. The fraction of sp³-hybridized carbons (Fsp3) is 0.206. The van der Waals surface area contributed by atoms with Crippen LogP contribution in [0.4, 0.5) is 0 Å². The average molecular weight is 567 g/mol. The average Bonchev–Trinajstić information content (AvgIpc) is 2.98. The van der Waals surface area contributed by atoms with Gasteiger partial charge in [0, 0.05) is 41.8 Å². The first-order valence-electron chi connectivity index (χ1n) is 13.6. The molecule has 0 aromatic heterocycles. The maximum absolute atomic E-state index is 13.8. The molecule has 4 nitrogen and oxygen atoms in total. The summed E-state index contributed by atoms with van der Waals surface area (Å²) in [5.74, 6) is -0.0692. The van der Waals surface area contributed by atoms with Crippen LogP contribution in [-0.2, 0) is 4.79 Å². The standard InChI is InChI=1S/C34H30O4S2/c1-3-5-11-22(4-2)34(37)38-23-18-20-25(21-19-23)40-29-17-10-15-27-31(29)33(36)26-14-9-16-28(30(26)32(27)35)39-24-12-7-6-8-13-24/h6-10,12-22H,3-5,11H2,1-2H3. The Bertz CT molecular complexity index is 1540. The molecule has 4 aromatic carbocycles. The van der Waals surface area contributed by atoms with Crippen molar-refractivity contribution in [2.75, 3.05) is 0 Å². The lowest BCUT2D eigenvalue weighted by molar-refractivity contribution is -0.139. The van der Waals surface area contributed by atoms with Gasteiger partial charge in [0.2, 0.25) is 0 Å². The van der Waals surface area contributed by atoms with Crippen LogP contribution < -0.4 is 4.74 Å². The molecular weight excluding hydrogens is 537 g/mol. The molecule has 0 saturated carbocycles. The molecule has 0 spiro atoms. The summed E-state index contributed by atoms with van der Waals surface area (Å²) in [5, 5.41) is 0. The maximum atomic E-state index is 13.8.